The summed E-state index contributed by atoms with van der Waals surface area (Å²) in [6, 6.07) is 0. The maximum Gasteiger partial charge on any atom is 4.00 e. The first-order valence-corrected chi connectivity index (χ1v) is 6.57. The second-order valence-electron chi connectivity index (χ2n) is 3.79. The van der Waals surface area contributed by atoms with Crippen LogP contribution in [-0.4, -0.2) is 79.0 Å². The molecule has 6 nitrogen and oxygen atoms in total. The van der Waals surface area contributed by atoms with Crippen molar-refractivity contribution in [2.75, 3.05) is 79.0 Å². The molecule has 0 aromatic heterocycles. The maximum atomic E-state index is 5.37. The van der Waals surface area contributed by atoms with Gasteiger partial charge >= 0.3 is 21.1 Å². The standard InChI is InChI=1S/C12H24N2O4.2ClH.Pt/c1-5-15-9-10-17-7-3-14-4-8-18-12-11-16-6-2-13-1;;;/h1-12H2;2*1H;/q-2;;;+4/p-1. The van der Waals surface area contributed by atoms with Crippen LogP contribution in [0.3, 0.4) is 0 Å². The van der Waals surface area contributed by atoms with Crippen LogP contribution in [-0.2, 0) is 40.0 Å². The normalized spacial score (nSPS) is 20.6. The molecular weight excluding hydrogens is 502 g/mol. The number of halogens is 2. The Hall–Kier alpha value is 1.03. The molecule has 1 aliphatic rings. The van der Waals surface area contributed by atoms with Crippen molar-refractivity contribution in [1.82, 2.24) is 0 Å². The summed E-state index contributed by atoms with van der Waals surface area (Å²) in [6.07, 6.45) is 0. The van der Waals surface area contributed by atoms with Crippen molar-refractivity contribution in [2.45, 2.75) is 0 Å². The number of rotatable bonds is 0. The van der Waals surface area contributed by atoms with Crippen molar-refractivity contribution in [1.29, 1.82) is 0 Å². The number of hydrogen-bond donors (Lipinski definition) is 0. The first kappa shape index (κ1) is 26.9. The van der Waals surface area contributed by atoms with Gasteiger partial charge < -0.3 is 42.0 Å². The Morgan fingerprint density at radius 3 is 0.952 bits per heavy atom. The Bertz CT molecular complexity index is 112. The van der Waals surface area contributed by atoms with Gasteiger partial charge in [0.05, 0.1) is 26.4 Å². The van der Waals surface area contributed by atoms with E-state index in [1.54, 1.807) is 0 Å². The topological polar surface area (TPSA) is 65.1 Å². The fourth-order valence-corrected chi connectivity index (χ4v) is 1.38. The molecule has 0 atom stereocenters. The van der Waals surface area contributed by atoms with E-state index in [0.717, 1.165) is 26.2 Å². The van der Waals surface area contributed by atoms with Gasteiger partial charge in [0.25, 0.3) is 0 Å². The summed E-state index contributed by atoms with van der Waals surface area (Å²) in [5.41, 5.74) is 0. The summed E-state index contributed by atoms with van der Waals surface area (Å²) in [5, 5.41) is 8.58. The molecule has 9 heteroatoms. The molecule has 0 spiro atoms. The summed E-state index contributed by atoms with van der Waals surface area (Å²) in [5.74, 6) is 0. The third kappa shape index (κ3) is 21.0. The van der Waals surface area contributed by atoms with E-state index >= 15 is 0 Å². The van der Waals surface area contributed by atoms with E-state index in [1.807, 2.05) is 0 Å². The average molecular weight is 527 g/mol. The summed E-state index contributed by atoms with van der Waals surface area (Å²) in [6.45, 7) is 7.95. The molecule has 130 valence electrons. The number of nitrogens with zero attached hydrogens (tertiary/aromatic N) is 2. The molecule has 1 fully saturated rings. The quantitative estimate of drug-likeness (QED) is 0.375. The van der Waals surface area contributed by atoms with Gasteiger partial charge in [-0.05, 0) is 0 Å². The predicted octanol–water partition coefficient (Wildman–Crippen LogP) is -1.76. The van der Waals surface area contributed by atoms with Crippen LogP contribution >= 0.6 is 12.4 Å². The van der Waals surface area contributed by atoms with E-state index in [-0.39, 0.29) is 45.9 Å². The smallest absolute Gasteiger partial charge is 1.00 e. The van der Waals surface area contributed by atoms with Crippen molar-refractivity contribution in [3.05, 3.63) is 10.6 Å². The molecule has 0 unspecified atom stereocenters. The Morgan fingerprint density at radius 2 is 0.714 bits per heavy atom. The van der Waals surface area contributed by atoms with Gasteiger partial charge in [-0.25, -0.2) is 0 Å². The SMILES string of the molecule is C1COCCOCC[N-]CCOCCOCC[N-]1.Cl.[Cl-].[Pt+4]. The molecule has 1 aliphatic heterocycles. The third-order valence-corrected chi connectivity index (χ3v) is 2.32. The first-order valence-electron chi connectivity index (χ1n) is 6.57. The minimum Gasteiger partial charge on any atom is -1.00 e. The zero-order valence-corrected chi connectivity index (χ0v) is 16.0. The van der Waals surface area contributed by atoms with E-state index < -0.39 is 0 Å². The largest absolute Gasteiger partial charge is 4.00 e. The predicted molar refractivity (Wildman–Crippen MR) is 76.7 cm³/mol. The van der Waals surface area contributed by atoms with Gasteiger partial charge in [0.15, 0.2) is 0 Å². The van der Waals surface area contributed by atoms with Gasteiger partial charge in [-0.1, -0.05) is 0 Å². The van der Waals surface area contributed by atoms with E-state index in [4.69, 9.17) is 18.9 Å². The fraction of sp³-hybridized carbons (Fsp3) is 1.00. The van der Waals surface area contributed by atoms with Crippen molar-refractivity contribution in [2.24, 2.45) is 0 Å². The average Bonchev–Trinajstić information content (AvgIpc) is 2.39. The van der Waals surface area contributed by atoms with Gasteiger partial charge in [0, 0.05) is 26.4 Å². The van der Waals surface area contributed by atoms with Gasteiger partial charge in [-0.15, -0.1) is 38.6 Å². The van der Waals surface area contributed by atoms with E-state index in [2.05, 4.69) is 10.6 Å². The van der Waals surface area contributed by atoms with Crippen molar-refractivity contribution >= 4 is 12.4 Å². The molecule has 0 aromatic carbocycles. The van der Waals surface area contributed by atoms with Crippen LogP contribution in [0.1, 0.15) is 0 Å². The van der Waals surface area contributed by atoms with Crippen molar-refractivity contribution < 1.29 is 52.4 Å². The molecule has 0 bridgehead atoms. The van der Waals surface area contributed by atoms with Crippen LogP contribution in [0.25, 0.3) is 10.6 Å². The maximum absolute atomic E-state index is 5.37. The second-order valence-corrected chi connectivity index (χ2v) is 3.79. The molecule has 0 aliphatic carbocycles. The minimum absolute atomic E-state index is 0. The summed E-state index contributed by atoms with van der Waals surface area (Å²) >= 11 is 0. The Labute approximate surface area is 154 Å². The second kappa shape index (κ2) is 23.3. The van der Waals surface area contributed by atoms with Crippen LogP contribution in [0.15, 0.2) is 0 Å². The summed E-state index contributed by atoms with van der Waals surface area (Å²) in [7, 11) is 0. The van der Waals surface area contributed by atoms with Gasteiger partial charge in [-0.3, -0.25) is 0 Å². The Morgan fingerprint density at radius 1 is 0.476 bits per heavy atom. The van der Waals surface area contributed by atoms with E-state index in [0.29, 0.717) is 52.9 Å². The van der Waals surface area contributed by atoms with Crippen LogP contribution in [0.4, 0.5) is 0 Å². The van der Waals surface area contributed by atoms with Crippen LogP contribution in [0, 0.1) is 0 Å². The third-order valence-electron chi connectivity index (χ3n) is 2.32. The molecule has 1 saturated heterocycles. The fourth-order valence-electron chi connectivity index (χ4n) is 1.38. The zero-order valence-electron chi connectivity index (χ0n) is 12.1. The molecule has 0 radical (unpaired) electrons. The molecule has 0 amide bonds. The van der Waals surface area contributed by atoms with Crippen molar-refractivity contribution in [3.63, 3.8) is 0 Å². The molecule has 21 heavy (non-hydrogen) atoms. The molecule has 0 aromatic rings. The van der Waals surface area contributed by atoms with Gasteiger partial charge in [0.2, 0.25) is 0 Å². The monoisotopic (exact) mass is 526 g/mol. The molecule has 1 heterocycles. The molecule has 0 N–H and O–H groups in total. The summed E-state index contributed by atoms with van der Waals surface area (Å²) < 4.78 is 21.5. The zero-order chi connectivity index (χ0) is 12.7. The van der Waals surface area contributed by atoms with Crippen LogP contribution < -0.4 is 12.4 Å². The summed E-state index contributed by atoms with van der Waals surface area (Å²) in [4.78, 5) is 0. The molecule has 1 rings (SSSR count). The van der Waals surface area contributed by atoms with Crippen LogP contribution in [0.5, 0.6) is 0 Å². The molecule has 0 saturated carbocycles. The Balaban J connectivity index is -0.00000108. The minimum atomic E-state index is 0. The first-order chi connectivity index (χ1) is 9.00. The van der Waals surface area contributed by atoms with Gasteiger partial charge in [-0.2, -0.15) is 0 Å². The number of hydrogen-bond acceptors (Lipinski definition) is 4. The van der Waals surface area contributed by atoms with E-state index in [9.17, 15) is 0 Å². The Kier molecular flexibility index (Phi) is 29.8. The van der Waals surface area contributed by atoms with Crippen LogP contribution in [0.2, 0.25) is 0 Å². The van der Waals surface area contributed by atoms with Gasteiger partial charge in [0.1, 0.15) is 0 Å². The number of ether oxygens (including phenoxy) is 4. The molecular formula is C12H25Cl2N2O4Pt+. The van der Waals surface area contributed by atoms with Crippen molar-refractivity contribution in [3.8, 4) is 0 Å². The van der Waals surface area contributed by atoms with E-state index in [1.165, 1.54) is 0 Å².